The molecule has 2 aliphatic heterocycles. The molecule has 2 aromatic rings. The standard InChI is InChI=1S/C22H30N2O2/c1-3-19-16(2)23-21-7-5-4-6-20(21)22(19)24-12-8-17(9-13-24)26-18-10-14-25-15-11-18/h4-7,17-18H,3,8-15H2,1-2H3. The summed E-state index contributed by atoms with van der Waals surface area (Å²) in [5, 5.41) is 1.29. The first-order valence-electron chi connectivity index (χ1n) is 10.1. The van der Waals surface area contributed by atoms with Crippen molar-refractivity contribution in [3.63, 3.8) is 0 Å². The molecule has 0 unspecified atom stereocenters. The SMILES string of the molecule is CCc1c(C)nc2ccccc2c1N1CCC(OC2CCOCC2)CC1. The number of nitrogens with zero attached hydrogens (tertiary/aromatic N) is 2. The maximum Gasteiger partial charge on any atom is 0.0726 e. The minimum atomic E-state index is 0.397. The average molecular weight is 354 g/mol. The first-order chi connectivity index (χ1) is 12.8. The molecule has 4 heteroatoms. The summed E-state index contributed by atoms with van der Waals surface area (Å²) in [6, 6.07) is 8.56. The van der Waals surface area contributed by atoms with Crippen molar-refractivity contribution in [2.24, 2.45) is 0 Å². The summed E-state index contributed by atoms with van der Waals surface area (Å²) in [6.45, 7) is 8.22. The molecule has 4 nitrogen and oxygen atoms in total. The highest BCUT2D eigenvalue weighted by Crippen LogP contribution is 2.34. The molecule has 3 heterocycles. The Hall–Kier alpha value is -1.65. The molecule has 0 radical (unpaired) electrons. The van der Waals surface area contributed by atoms with Crippen LogP contribution in [0.5, 0.6) is 0 Å². The number of piperidine rings is 1. The summed E-state index contributed by atoms with van der Waals surface area (Å²) in [7, 11) is 0. The number of pyridine rings is 1. The van der Waals surface area contributed by atoms with Gasteiger partial charge in [-0.2, -0.15) is 0 Å². The van der Waals surface area contributed by atoms with Crippen molar-refractivity contribution in [2.45, 2.75) is 58.2 Å². The van der Waals surface area contributed by atoms with Crippen molar-refractivity contribution in [2.75, 3.05) is 31.2 Å². The van der Waals surface area contributed by atoms with Crippen LogP contribution in [0.25, 0.3) is 10.9 Å². The van der Waals surface area contributed by atoms with E-state index < -0.39 is 0 Å². The summed E-state index contributed by atoms with van der Waals surface area (Å²) in [6.07, 6.45) is 6.14. The van der Waals surface area contributed by atoms with Gasteiger partial charge in [0.25, 0.3) is 0 Å². The fraction of sp³-hybridized carbons (Fsp3) is 0.591. The molecule has 140 valence electrons. The van der Waals surface area contributed by atoms with Crippen LogP contribution in [0.1, 0.15) is 43.9 Å². The Bertz CT molecular complexity index is 747. The number of para-hydroxylation sites is 1. The normalized spacial score (nSPS) is 20.0. The quantitative estimate of drug-likeness (QED) is 0.821. The van der Waals surface area contributed by atoms with Crippen LogP contribution in [0.4, 0.5) is 5.69 Å². The Morgan fingerprint density at radius 2 is 1.77 bits per heavy atom. The number of rotatable bonds is 4. The van der Waals surface area contributed by atoms with E-state index in [4.69, 9.17) is 14.5 Å². The van der Waals surface area contributed by atoms with Crippen LogP contribution in [0.2, 0.25) is 0 Å². The van der Waals surface area contributed by atoms with E-state index >= 15 is 0 Å². The Balaban J connectivity index is 1.52. The summed E-state index contributed by atoms with van der Waals surface area (Å²) in [4.78, 5) is 7.40. The molecule has 0 atom stereocenters. The minimum Gasteiger partial charge on any atom is -0.381 e. The van der Waals surface area contributed by atoms with Gasteiger partial charge < -0.3 is 14.4 Å². The van der Waals surface area contributed by atoms with Gasteiger partial charge in [0, 0.05) is 37.4 Å². The zero-order valence-electron chi connectivity index (χ0n) is 16.0. The van der Waals surface area contributed by atoms with Gasteiger partial charge in [0.1, 0.15) is 0 Å². The minimum absolute atomic E-state index is 0.397. The van der Waals surface area contributed by atoms with Crippen LogP contribution in [-0.4, -0.2) is 43.5 Å². The second kappa shape index (κ2) is 7.93. The zero-order chi connectivity index (χ0) is 17.9. The molecule has 1 aromatic carbocycles. The molecule has 26 heavy (non-hydrogen) atoms. The van der Waals surface area contributed by atoms with Crippen molar-refractivity contribution in [3.8, 4) is 0 Å². The van der Waals surface area contributed by atoms with Crippen molar-refractivity contribution in [1.82, 2.24) is 4.98 Å². The molecule has 2 saturated heterocycles. The Morgan fingerprint density at radius 1 is 1.08 bits per heavy atom. The van der Waals surface area contributed by atoms with Gasteiger partial charge in [-0.1, -0.05) is 25.1 Å². The van der Waals surface area contributed by atoms with Gasteiger partial charge in [0.05, 0.1) is 23.4 Å². The monoisotopic (exact) mass is 354 g/mol. The van der Waals surface area contributed by atoms with Gasteiger partial charge in [0.2, 0.25) is 0 Å². The predicted octanol–water partition coefficient (Wildman–Crippen LogP) is 4.27. The maximum atomic E-state index is 6.37. The number of hydrogen-bond donors (Lipinski definition) is 0. The van der Waals surface area contributed by atoms with E-state index in [1.807, 2.05) is 0 Å². The van der Waals surface area contributed by atoms with Gasteiger partial charge in [-0.05, 0) is 50.7 Å². The number of anilines is 1. The molecule has 1 aromatic heterocycles. The highest BCUT2D eigenvalue weighted by atomic mass is 16.5. The molecule has 2 fully saturated rings. The molecule has 2 aliphatic rings. The average Bonchev–Trinajstić information content (AvgIpc) is 2.68. The number of hydrogen-bond acceptors (Lipinski definition) is 4. The molecular formula is C22H30N2O2. The van der Waals surface area contributed by atoms with Crippen LogP contribution in [0.3, 0.4) is 0 Å². The smallest absolute Gasteiger partial charge is 0.0726 e. The summed E-state index contributed by atoms with van der Waals surface area (Å²) >= 11 is 0. The topological polar surface area (TPSA) is 34.6 Å². The number of aryl methyl sites for hydroxylation is 1. The lowest BCUT2D eigenvalue weighted by atomic mass is 9.99. The molecular weight excluding hydrogens is 324 g/mol. The first-order valence-corrected chi connectivity index (χ1v) is 10.1. The predicted molar refractivity (Wildman–Crippen MR) is 106 cm³/mol. The highest BCUT2D eigenvalue weighted by molar-refractivity contribution is 5.94. The maximum absolute atomic E-state index is 6.37. The number of ether oxygens (including phenoxy) is 2. The van der Waals surface area contributed by atoms with Crippen molar-refractivity contribution in [3.05, 3.63) is 35.5 Å². The highest BCUT2D eigenvalue weighted by Gasteiger charge is 2.26. The second-order valence-electron chi connectivity index (χ2n) is 7.53. The molecule has 4 rings (SSSR count). The van der Waals surface area contributed by atoms with Gasteiger partial charge in [-0.15, -0.1) is 0 Å². The number of benzene rings is 1. The Kier molecular flexibility index (Phi) is 5.41. The van der Waals surface area contributed by atoms with E-state index in [0.717, 1.165) is 63.9 Å². The lowest BCUT2D eigenvalue weighted by Gasteiger charge is -2.37. The molecule has 0 amide bonds. The summed E-state index contributed by atoms with van der Waals surface area (Å²) in [5.41, 5.74) is 5.08. The second-order valence-corrected chi connectivity index (χ2v) is 7.53. The van der Waals surface area contributed by atoms with Crippen molar-refractivity contribution < 1.29 is 9.47 Å². The molecule has 0 N–H and O–H groups in total. The Labute approximate surface area is 156 Å². The van der Waals surface area contributed by atoms with Crippen LogP contribution in [0, 0.1) is 6.92 Å². The summed E-state index contributed by atoms with van der Waals surface area (Å²) in [5.74, 6) is 0. The summed E-state index contributed by atoms with van der Waals surface area (Å²) < 4.78 is 11.8. The van der Waals surface area contributed by atoms with E-state index in [9.17, 15) is 0 Å². The molecule has 0 bridgehead atoms. The van der Waals surface area contributed by atoms with E-state index in [2.05, 4.69) is 43.0 Å². The van der Waals surface area contributed by atoms with Crippen molar-refractivity contribution >= 4 is 16.6 Å². The lowest BCUT2D eigenvalue weighted by molar-refractivity contribution is -0.0743. The van der Waals surface area contributed by atoms with E-state index in [0.29, 0.717) is 12.2 Å². The van der Waals surface area contributed by atoms with E-state index in [1.165, 1.54) is 22.3 Å². The third-order valence-electron chi connectivity index (χ3n) is 5.83. The van der Waals surface area contributed by atoms with Gasteiger partial charge in [-0.3, -0.25) is 4.98 Å². The van der Waals surface area contributed by atoms with Crippen LogP contribution in [0.15, 0.2) is 24.3 Å². The van der Waals surface area contributed by atoms with Crippen LogP contribution < -0.4 is 4.90 Å². The van der Waals surface area contributed by atoms with Crippen molar-refractivity contribution in [1.29, 1.82) is 0 Å². The molecule has 0 saturated carbocycles. The lowest BCUT2D eigenvalue weighted by Crippen LogP contribution is -2.40. The molecule has 0 spiro atoms. The third kappa shape index (κ3) is 3.58. The first kappa shape index (κ1) is 17.7. The number of aromatic nitrogens is 1. The van der Waals surface area contributed by atoms with Gasteiger partial charge in [-0.25, -0.2) is 0 Å². The largest absolute Gasteiger partial charge is 0.381 e. The van der Waals surface area contributed by atoms with E-state index in [1.54, 1.807) is 0 Å². The number of fused-ring (bicyclic) bond motifs is 1. The fourth-order valence-electron chi connectivity index (χ4n) is 4.44. The fourth-order valence-corrected chi connectivity index (χ4v) is 4.44. The van der Waals surface area contributed by atoms with Gasteiger partial charge in [0.15, 0.2) is 0 Å². The third-order valence-corrected chi connectivity index (χ3v) is 5.83. The van der Waals surface area contributed by atoms with E-state index in [-0.39, 0.29) is 0 Å². The Morgan fingerprint density at radius 3 is 2.50 bits per heavy atom. The zero-order valence-corrected chi connectivity index (χ0v) is 16.0. The van der Waals surface area contributed by atoms with Gasteiger partial charge >= 0.3 is 0 Å². The molecule has 0 aliphatic carbocycles. The van der Waals surface area contributed by atoms with Crippen LogP contribution in [-0.2, 0) is 15.9 Å². The van der Waals surface area contributed by atoms with Crippen LogP contribution >= 0.6 is 0 Å².